The quantitative estimate of drug-likeness (QED) is 0.823. The second-order valence-electron chi connectivity index (χ2n) is 5.51. The largest absolute Gasteiger partial charge is 0.496 e. The standard InChI is InChI=1S/C16H22ClNO2S/c1-12-5-7-18(8-6-12)16(19)11-21-10-13-9-14(17)3-4-15(13)20-2/h3-4,9,12H,5-8,10-11H2,1-2H3. The van der Waals surface area contributed by atoms with Gasteiger partial charge in [-0.1, -0.05) is 18.5 Å². The Morgan fingerprint density at radius 1 is 1.43 bits per heavy atom. The van der Waals surface area contributed by atoms with Crippen LogP contribution >= 0.6 is 23.4 Å². The summed E-state index contributed by atoms with van der Waals surface area (Å²) in [5.41, 5.74) is 1.04. The summed E-state index contributed by atoms with van der Waals surface area (Å²) in [5, 5.41) is 0.697. The number of benzene rings is 1. The van der Waals surface area contributed by atoms with Crippen molar-refractivity contribution >= 4 is 29.3 Å². The van der Waals surface area contributed by atoms with Gasteiger partial charge in [-0.15, -0.1) is 11.8 Å². The van der Waals surface area contributed by atoms with Crippen LogP contribution in [0.3, 0.4) is 0 Å². The number of carbonyl (C=O) groups excluding carboxylic acids is 1. The van der Waals surface area contributed by atoms with Crippen molar-refractivity contribution in [2.45, 2.75) is 25.5 Å². The number of likely N-dealkylation sites (tertiary alicyclic amines) is 1. The summed E-state index contributed by atoms with van der Waals surface area (Å²) < 4.78 is 5.32. The smallest absolute Gasteiger partial charge is 0.232 e. The molecule has 116 valence electrons. The molecule has 1 saturated heterocycles. The SMILES string of the molecule is COc1ccc(Cl)cc1CSCC(=O)N1CCC(C)CC1. The van der Waals surface area contributed by atoms with E-state index in [-0.39, 0.29) is 5.91 Å². The van der Waals surface area contributed by atoms with Crippen LogP contribution in [0.1, 0.15) is 25.3 Å². The van der Waals surface area contributed by atoms with Crippen LogP contribution in [0.2, 0.25) is 5.02 Å². The van der Waals surface area contributed by atoms with E-state index in [1.165, 1.54) is 0 Å². The van der Waals surface area contributed by atoms with Gasteiger partial charge in [-0.05, 0) is 37.0 Å². The number of rotatable bonds is 5. The number of thioether (sulfide) groups is 1. The topological polar surface area (TPSA) is 29.5 Å². The molecule has 0 bridgehead atoms. The van der Waals surface area contributed by atoms with Gasteiger partial charge in [-0.25, -0.2) is 0 Å². The molecule has 3 nitrogen and oxygen atoms in total. The van der Waals surface area contributed by atoms with Gasteiger partial charge in [-0.3, -0.25) is 4.79 Å². The molecule has 0 atom stereocenters. The molecule has 1 aromatic rings. The second kappa shape index (κ2) is 7.95. The van der Waals surface area contributed by atoms with Crippen molar-refractivity contribution < 1.29 is 9.53 Å². The number of ether oxygens (including phenoxy) is 1. The maximum absolute atomic E-state index is 12.2. The van der Waals surface area contributed by atoms with Crippen LogP contribution in [0.15, 0.2) is 18.2 Å². The van der Waals surface area contributed by atoms with Crippen LogP contribution in [-0.2, 0) is 10.5 Å². The minimum atomic E-state index is 0.243. The fourth-order valence-corrected chi connectivity index (χ4v) is 3.56. The maximum atomic E-state index is 12.2. The fourth-order valence-electron chi connectivity index (χ4n) is 2.46. The molecule has 0 aliphatic carbocycles. The molecular weight excluding hydrogens is 306 g/mol. The van der Waals surface area contributed by atoms with Gasteiger partial charge in [0.2, 0.25) is 5.91 Å². The highest BCUT2D eigenvalue weighted by Crippen LogP contribution is 2.27. The van der Waals surface area contributed by atoms with E-state index in [4.69, 9.17) is 16.3 Å². The molecule has 0 radical (unpaired) electrons. The molecule has 1 aromatic carbocycles. The van der Waals surface area contributed by atoms with E-state index in [1.54, 1.807) is 18.9 Å². The lowest BCUT2D eigenvalue weighted by Crippen LogP contribution is -2.38. The summed E-state index contributed by atoms with van der Waals surface area (Å²) in [6.07, 6.45) is 2.25. The molecule has 0 unspecified atom stereocenters. The van der Waals surface area contributed by atoms with E-state index in [2.05, 4.69) is 6.92 Å². The summed E-state index contributed by atoms with van der Waals surface area (Å²) in [6, 6.07) is 5.58. The maximum Gasteiger partial charge on any atom is 0.232 e. The molecule has 0 spiro atoms. The molecular formula is C16H22ClNO2S. The van der Waals surface area contributed by atoms with Crippen LogP contribution in [0.5, 0.6) is 5.75 Å². The molecule has 1 aliphatic heterocycles. The predicted molar refractivity (Wildman–Crippen MR) is 89.1 cm³/mol. The number of amides is 1. The number of nitrogens with zero attached hydrogens (tertiary/aromatic N) is 1. The minimum Gasteiger partial charge on any atom is -0.496 e. The number of methoxy groups -OCH3 is 1. The van der Waals surface area contributed by atoms with E-state index in [0.717, 1.165) is 48.9 Å². The second-order valence-corrected chi connectivity index (χ2v) is 6.93. The van der Waals surface area contributed by atoms with Crippen LogP contribution in [-0.4, -0.2) is 36.8 Å². The van der Waals surface area contributed by atoms with Crippen molar-refractivity contribution in [1.29, 1.82) is 0 Å². The molecule has 2 rings (SSSR count). The van der Waals surface area contributed by atoms with Gasteiger partial charge in [0.25, 0.3) is 0 Å². The Hall–Kier alpha value is -0.870. The summed E-state index contributed by atoms with van der Waals surface area (Å²) in [4.78, 5) is 14.2. The van der Waals surface area contributed by atoms with E-state index in [9.17, 15) is 4.79 Å². The molecule has 0 saturated carbocycles. The lowest BCUT2D eigenvalue weighted by Gasteiger charge is -2.30. The summed E-state index contributed by atoms with van der Waals surface area (Å²) in [5.74, 6) is 3.07. The van der Waals surface area contributed by atoms with E-state index < -0.39 is 0 Å². The van der Waals surface area contributed by atoms with Gasteiger partial charge in [-0.2, -0.15) is 0 Å². The molecule has 1 heterocycles. The Bertz CT molecular complexity index is 487. The zero-order valence-corrected chi connectivity index (χ0v) is 14.2. The van der Waals surface area contributed by atoms with Gasteiger partial charge < -0.3 is 9.64 Å². The molecule has 0 aromatic heterocycles. The Labute approximate surface area is 136 Å². The lowest BCUT2D eigenvalue weighted by atomic mass is 9.99. The Kier molecular flexibility index (Phi) is 6.24. The van der Waals surface area contributed by atoms with Crippen LogP contribution < -0.4 is 4.74 Å². The predicted octanol–water partition coefficient (Wildman–Crippen LogP) is 3.84. The van der Waals surface area contributed by atoms with E-state index in [0.29, 0.717) is 10.8 Å². The molecule has 1 aliphatic rings. The van der Waals surface area contributed by atoms with Crippen LogP contribution in [0.4, 0.5) is 0 Å². The number of carbonyl (C=O) groups is 1. The van der Waals surface area contributed by atoms with Gasteiger partial charge >= 0.3 is 0 Å². The number of piperidine rings is 1. The highest BCUT2D eigenvalue weighted by Gasteiger charge is 2.20. The van der Waals surface area contributed by atoms with Gasteiger partial charge in [0.15, 0.2) is 0 Å². The molecule has 1 amide bonds. The van der Waals surface area contributed by atoms with Crippen molar-refractivity contribution in [2.24, 2.45) is 5.92 Å². The highest BCUT2D eigenvalue weighted by molar-refractivity contribution is 7.99. The third-order valence-corrected chi connectivity index (χ3v) is 5.06. The Morgan fingerprint density at radius 2 is 2.14 bits per heavy atom. The lowest BCUT2D eigenvalue weighted by molar-refractivity contribution is -0.129. The number of halogens is 1. The minimum absolute atomic E-state index is 0.243. The monoisotopic (exact) mass is 327 g/mol. The van der Waals surface area contributed by atoms with Crippen molar-refractivity contribution in [3.63, 3.8) is 0 Å². The van der Waals surface area contributed by atoms with Crippen molar-refractivity contribution in [1.82, 2.24) is 4.90 Å². The third-order valence-electron chi connectivity index (χ3n) is 3.86. The normalized spacial score (nSPS) is 16.0. The first-order valence-electron chi connectivity index (χ1n) is 7.28. The number of hydrogen-bond acceptors (Lipinski definition) is 3. The average molecular weight is 328 g/mol. The van der Waals surface area contributed by atoms with E-state index in [1.807, 2.05) is 23.1 Å². The Morgan fingerprint density at radius 3 is 2.81 bits per heavy atom. The summed E-state index contributed by atoms with van der Waals surface area (Å²) in [7, 11) is 1.65. The van der Waals surface area contributed by atoms with Crippen LogP contribution in [0.25, 0.3) is 0 Å². The first-order valence-corrected chi connectivity index (χ1v) is 8.81. The molecule has 5 heteroatoms. The Balaban J connectivity index is 1.81. The van der Waals surface area contributed by atoms with Crippen LogP contribution in [0, 0.1) is 5.92 Å². The molecule has 0 N–H and O–H groups in total. The first-order chi connectivity index (χ1) is 10.1. The zero-order chi connectivity index (χ0) is 15.2. The molecule has 21 heavy (non-hydrogen) atoms. The van der Waals surface area contributed by atoms with Gasteiger partial charge in [0.1, 0.15) is 5.75 Å². The van der Waals surface area contributed by atoms with Crippen molar-refractivity contribution in [3.8, 4) is 5.75 Å². The third kappa shape index (κ3) is 4.82. The van der Waals surface area contributed by atoms with E-state index >= 15 is 0 Å². The van der Waals surface area contributed by atoms with Gasteiger partial charge in [0, 0.05) is 29.4 Å². The summed E-state index contributed by atoms with van der Waals surface area (Å²) in [6.45, 7) is 4.06. The summed E-state index contributed by atoms with van der Waals surface area (Å²) >= 11 is 7.63. The fraction of sp³-hybridized carbons (Fsp3) is 0.562. The first kappa shape index (κ1) is 16.5. The molecule has 1 fully saturated rings. The van der Waals surface area contributed by atoms with Crippen molar-refractivity contribution in [3.05, 3.63) is 28.8 Å². The van der Waals surface area contributed by atoms with Gasteiger partial charge in [0.05, 0.1) is 12.9 Å². The number of hydrogen-bond donors (Lipinski definition) is 0. The zero-order valence-electron chi connectivity index (χ0n) is 12.6. The average Bonchev–Trinajstić information content (AvgIpc) is 2.48. The van der Waals surface area contributed by atoms with Crippen molar-refractivity contribution in [2.75, 3.05) is 26.0 Å². The highest BCUT2D eigenvalue weighted by atomic mass is 35.5.